The fourth-order valence-corrected chi connectivity index (χ4v) is 8.53. The molecule has 0 aromatic rings. The molecule has 9 nitrogen and oxygen atoms in total. The van der Waals surface area contributed by atoms with Crippen LogP contribution in [0.25, 0.3) is 0 Å². The van der Waals surface area contributed by atoms with Gasteiger partial charge in [-0.3, -0.25) is 4.79 Å². The van der Waals surface area contributed by atoms with E-state index in [-0.39, 0.29) is 12.5 Å². The van der Waals surface area contributed by atoms with Gasteiger partial charge >= 0.3 is 0 Å². The highest BCUT2D eigenvalue weighted by molar-refractivity contribution is 5.76. The molecule has 0 saturated carbocycles. The van der Waals surface area contributed by atoms with E-state index < -0.39 is 49.5 Å². The van der Waals surface area contributed by atoms with Crippen LogP contribution in [0.5, 0.6) is 0 Å². The molecule has 1 rings (SSSR count). The van der Waals surface area contributed by atoms with Crippen molar-refractivity contribution in [1.82, 2.24) is 5.32 Å². The van der Waals surface area contributed by atoms with Gasteiger partial charge in [-0.15, -0.1) is 0 Å². The van der Waals surface area contributed by atoms with Crippen LogP contribution < -0.4 is 5.32 Å². The number of hydrogen-bond acceptors (Lipinski definition) is 8. The summed E-state index contributed by atoms with van der Waals surface area (Å²) in [4.78, 5) is 13.0. The quantitative estimate of drug-likeness (QED) is 0.0262. The monoisotopic (exact) mass is 880 g/mol. The predicted molar refractivity (Wildman–Crippen MR) is 258 cm³/mol. The largest absolute Gasteiger partial charge is 0.394 e. The predicted octanol–water partition coefficient (Wildman–Crippen LogP) is 12.2. The third-order valence-corrected chi connectivity index (χ3v) is 12.8. The molecule has 1 aliphatic rings. The van der Waals surface area contributed by atoms with E-state index >= 15 is 0 Å². The van der Waals surface area contributed by atoms with Crippen LogP contribution in [0, 0.1) is 0 Å². The minimum Gasteiger partial charge on any atom is -0.394 e. The Bertz CT molecular complexity index is 1020. The van der Waals surface area contributed by atoms with Crippen LogP contribution in [0.1, 0.15) is 251 Å². The van der Waals surface area contributed by atoms with Gasteiger partial charge in [-0.1, -0.05) is 237 Å². The van der Waals surface area contributed by atoms with Crippen LogP contribution in [-0.4, -0.2) is 87.5 Å². The van der Waals surface area contributed by atoms with Crippen molar-refractivity contribution in [3.63, 3.8) is 0 Å². The van der Waals surface area contributed by atoms with Crippen LogP contribution in [0.15, 0.2) is 24.3 Å². The molecule has 7 atom stereocenters. The van der Waals surface area contributed by atoms with Crippen molar-refractivity contribution >= 4 is 5.91 Å². The zero-order valence-electron chi connectivity index (χ0n) is 40.4. The average molecular weight is 880 g/mol. The van der Waals surface area contributed by atoms with Crippen LogP contribution >= 0.6 is 0 Å². The lowest BCUT2D eigenvalue weighted by atomic mass is 9.99. The van der Waals surface area contributed by atoms with E-state index in [0.29, 0.717) is 6.42 Å². The van der Waals surface area contributed by atoms with Gasteiger partial charge in [0.25, 0.3) is 0 Å². The van der Waals surface area contributed by atoms with Crippen molar-refractivity contribution in [3.8, 4) is 0 Å². The molecule has 1 amide bonds. The minimum atomic E-state index is -1.57. The number of ether oxygens (including phenoxy) is 2. The number of aliphatic hydroxyl groups excluding tert-OH is 5. The standard InChI is InChI=1S/C53H101NO8/c1-3-5-7-9-11-13-15-17-19-21-23-25-27-29-31-33-35-37-39-41-43-49(57)54-46(45-61-53-52(60)51(59)50(58)48(44-55)62-53)47(56)42-40-38-36-34-32-30-28-26-24-22-20-18-16-14-12-10-8-6-4-2/h32,34,40,42,46-48,50-53,55-56,58-60H,3-31,33,35-39,41,43-45H2,1-2H3,(H,54,57)/b34-32+,42-40+. The molecule has 366 valence electrons. The molecule has 1 heterocycles. The lowest BCUT2D eigenvalue weighted by molar-refractivity contribution is -0.302. The Morgan fingerprint density at radius 1 is 0.532 bits per heavy atom. The Kier molecular flexibility index (Phi) is 41.2. The second kappa shape index (κ2) is 43.6. The molecular weight excluding hydrogens is 779 g/mol. The summed E-state index contributed by atoms with van der Waals surface area (Å²) in [6.07, 6.45) is 46.6. The van der Waals surface area contributed by atoms with Crippen LogP contribution in [-0.2, 0) is 14.3 Å². The van der Waals surface area contributed by atoms with Gasteiger partial charge in [0.05, 0.1) is 25.4 Å². The van der Waals surface area contributed by atoms with Crippen molar-refractivity contribution in [2.45, 2.75) is 294 Å². The highest BCUT2D eigenvalue weighted by Crippen LogP contribution is 2.23. The second-order valence-corrected chi connectivity index (χ2v) is 18.7. The molecular formula is C53H101NO8. The molecule has 9 heteroatoms. The number of aliphatic hydroxyl groups is 5. The third kappa shape index (κ3) is 33.2. The molecule has 1 fully saturated rings. The maximum atomic E-state index is 13.0. The Hall–Kier alpha value is -1.33. The summed E-state index contributed by atoms with van der Waals surface area (Å²) in [6.45, 7) is 3.79. The number of nitrogens with one attached hydrogen (secondary N) is 1. The van der Waals surface area contributed by atoms with Crippen LogP contribution in [0.4, 0.5) is 0 Å². The molecule has 0 radical (unpaired) electrons. The van der Waals surface area contributed by atoms with Crippen molar-refractivity contribution in [2.24, 2.45) is 0 Å². The first-order valence-electron chi connectivity index (χ1n) is 26.6. The summed E-state index contributed by atoms with van der Waals surface area (Å²) in [5.74, 6) is -0.182. The molecule has 7 unspecified atom stereocenters. The number of amides is 1. The van der Waals surface area contributed by atoms with Gasteiger partial charge in [0, 0.05) is 6.42 Å². The molecule has 0 aromatic carbocycles. The first-order valence-corrected chi connectivity index (χ1v) is 26.6. The van der Waals surface area contributed by atoms with Gasteiger partial charge in [0.15, 0.2) is 6.29 Å². The summed E-state index contributed by atoms with van der Waals surface area (Å²) < 4.78 is 11.2. The fraction of sp³-hybridized carbons (Fsp3) is 0.906. The summed E-state index contributed by atoms with van der Waals surface area (Å²) in [7, 11) is 0. The van der Waals surface area contributed by atoms with E-state index in [2.05, 4.69) is 31.3 Å². The Labute approximate surface area is 381 Å². The lowest BCUT2D eigenvalue weighted by Crippen LogP contribution is -2.60. The highest BCUT2D eigenvalue weighted by Gasteiger charge is 2.44. The normalized spacial score (nSPS) is 20.4. The van der Waals surface area contributed by atoms with Gasteiger partial charge in [0.1, 0.15) is 24.4 Å². The summed E-state index contributed by atoms with van der Waals surface area (Å²) in [5, 5.41) is 54.4. The van der Waals surface area contributed by atoms with Crippen molar-refractivity contribution in [3.05, 3.63) is 24.3 Å². The fourth-order valence-electron chi connectivity index (χ4n) is 8.53. The first-order chi connectivity index (χ1) is 30.3. The summed E-state index contributed by atoms with van der Waals surface area (Å²) in [5.41, 5.74) is 0. The SMILES string of the molecule is CCCCCCCCCCCCCCC/C=C/CC/C=C/C(O)C(COC1OC(CO)C(O)C(O)C1O)NC(=O)CCCCCCCCCCCCCCCCCCCCCC. The van der Waals surface area contributed by atoms with Gasteiger partial charge < -0.3 is 40.3 Å². The maximum Gasteiger partial charge on any atom is 0.220 e. The molecule has 0 bridgehead atoms. The van der Waals surface area contributed by atoms with Crippen molar-refractivity contribution in [2.75, 3.05) is 13.2 Å². The van der Waals surface area contributed by atoms with E-state index in [1.165, 1.54) is 193 Å². The van der Waals surface area contributed by atoms with Gasteiger partial charge in [-0.05, 0) is 32.1 Å². The van der Waals surface area contributed by atoms with Crippen LogP contribution in [0.2, 0.25) is 0 Å². The topological polar surface area (TPSA) is 149 Å². The molecule has 0 aromatic heterocycles. The minimum absolute atomic E-state index is 0.182. The number of allylic oxidation sites excluding steroid dienone is 3. The molecule has 0 aliphatic carbocycles. The number of carbonyl (C=O) groups is 1. The van der Waals surface area contributed by atoms with Crippen molar-refractivity contribution in [1.29, 1.82) is 0 Å². The molecule has 1 aliphatic heterocycles. The number of hydrogen-bond donors (Lipinski definition) is 6. The zero-order chi connectivity index (χ0) is 45.1. The molecule has 0 spiro atoms. The Morgan fingerprint density at radius 3 is 1.35 bits per heavy atom. The molecule has 6 N–H and O–H groups in total. The third-order valence-electron chi connectivity index (χ3n) is 12.8. The number of unbranched alkanes of at least 4 members (excludes halogenated alkanes) is 33. The van der Waals surface area contributed by atoms with Gasteiger partial charge in [-0.25, -0.2) is 0 Å². The smallest absolute Gasteiger partial charge is 0.220 e. The van der Waals surface area contributed by atoms with E-state index in [9.17, 15) is 30.3 Å². The Balaban J connectivity index is 2.29. The number of rotatable bonds is 45. The van der Waals surface area contributed by atoms with E-state index in [4.69, 9.17) is 9.47 Å². The zero-order valence-corrected chi connectivity index (χ0v) is 40.4. The van der Waals surface area contributed by atoms with Crippen LogP contribution in [0.3, 0.4) is 0 Å². The summed E-state index contributed by atoms with van der Waals surface area (Å²) >= 11 is 0. The highest BCUT2D eigenvalue weighted by atomic mass is 16.7. The number of carbonyl (C=O) groups excluding carboxylic acids is 1. The average Bonchev–Trinajstić information content (AvgIpc) is 3.27. The van der Waals surface area contributed by atoms with E-state index in [1.54, 1.807) is 6.08 Å². The lowest BCUT2D eigenvalue weighted by Gasteiger charge is -2.40. The maximum absolute atomic E-state index is 13.0. The molecule has 1 saturated heterocycles. The van der Waals surface area contributed by atoms with Gasteiger partial charge in [0.2, 0.25) is 5.91 Å². The second-order valence-electron chi connectivity index (χ2n) is 18.7. The molecule has 62 heavy (non-hydrogen) atoms. The van der Waals surface area contributed by atoms with Gasteiger partial charge in [-0.2, -0.15) is 0 Å². The first kappa shape index (κ1) is 58.7. The van der Waals surface area contributed by atoms with E-state index in [1.807, 2.05) is 6.08 Å². The Morgan fingerprint density at radius 2 is 0.919 bits per heavy atom. The summed E-state index contributed by atoms with van der Waals surface area (Å²) in [6, 6.07) is -0.817. The van der Waals surface area contributed by atoms with E-state index in [0.717, 1.165) is 38.5 Å². The van der Waals surface area contributed by atoms with Crippen molar-refractivity contribution < 1.29 is 39.8 Å².